The molecular formula is C20H17N3O3. The first-order valence-electron chi connectivity index (χ1n) is 7.98. The number of carbonyl (C=O) groups excluding carboxylic acids is 2. The molecule has 6 nitrogen and oxygen atoms in total. The van der Waals surface area contributed by atoms with Crippen LogP contribution in [0.15, 0.2) is 72.9 Å². The molecule has 6 heteroatoms. The van der Waals surface area contributed by atoms with E-state index in [9.17, 15) is 9.59 Å². The molecule has 0 radical (unpaired) electrons. The van der Waals surface area contributed by atoms with E-state index in [-0.39, 0.29) is 12.3 Å². The van der Waals surface area contributed by atoms with Gasteiger partial charge in [-0.1, -0.05) is 30.3 Å². The van der Waals surface area contributed by atoms with Crippen LogP contribution in [0.25, 0.3) is 0 Å². The van der Waals surface area contributed by atoms with Crippen molar-refractivity contribution in [1.29, 1.82) is 0 Å². The zero-order valence-electron chi connectivity index (χ0n) is 13.9. The predicted molar refractivity (Wildman–Crippen MR) is 98.0 cm³/mol. The molecule has 0 unspecified atom stereocenters. The Morgan fingerprint density at radius 2 is 1.69 bits per heavy atom. The average Bonchev–Trinajstić information content (AvgIpc) is 2.64. The maximum atomic E-state index is 12.3. The molecule has 3 rings (SSSR count). The summed E-state index contributed by atoms with van der Waals surface area (Å²) in [5.74, 6) is 0.397. The quantitative estimate of drug-likeness (QED) is 0.716. The Labute approximate surface area is 150 Å². The summed E-state index contributed by atoms with van der Waals surface area (Å²) in [6.45, 7) is 0. The molecule has 3 N–H and O–H groups in total. The lowest BCUT2D eigenvalue weighted by molar-refractivity contribution is -0.117. The van der Waals surface area contributed by atoms with E-state index in [2.05, 4.69) is 10.3 Å². The number of nitrogens with one attached hydrogen (secondary N) is 1. The molecule has 3 aromatic rings. The highest BCUT2D eigenvalue weighted by Crippen LogP contribution is 2.19. The Hall–Kier alpha value is -3.67. The third-order valence-corrected chi connectivity index (χ3v) is 3.55. The highest BCUT2D eigenvalue weighted by molar-refractivity contribution is 6.04. The van der Waals surface area contributed by atoms with E-state index >= 15 is 0 Å². The minimum atomic E-state index is -0.398. The van der Waals surface area contributed by atoms with E-state index in [1.807, 2.05) is 30.3 Å². The molecule has 1 heterocycles. The number of hydrogen-bond acceptors (Lipinski definition) is 4. The van der Waals surface area contributed by atoms with Gasteiger partial charge < -0.3 is 15.8 Å². The summed E-state index contributed by atoms with van der Waals surface area (Å²) in [6, 6.07) is 19.5. The van der Waals surface area contributed by atoms with Gasteiger partial charge in [0.15, 0.2) is 0 Å². The minimum absolute atomic E-state index is 0.168. The van der Waals surface area contributed by atoms with Crippen molar-refractivity contribution in [3.05, 3.63) is 84.1 Å². The number of para-hydroxylation sites is 1. The number of hydrogen-bond donors (Lipinski definition) is 2. The molecule has 130 valence electrons. The zero-order chi connectivity index (χ0) is 18.4. The van der Waals surface area contributed by atoms with Crippen molar-refractivity contribution in [2.45, 2.75) is 6.42 Å². The SMILES string of the molecule is NC(=O)Cc1ccc(NC(=O)c2ccc(Oc3ccccc3)nc2)cc1. The number of carbonyl (C=O) groups is 2. The average molecular weight is 347 g/mol. The number of nitrogens with two attached hydrogens (primary N) is 1. The Bertz CT molecular complexity index is 892. The van der Waals surface area contributed by atoms with Gasteiger partial charge in [0, 0.05) is 18.0 Å². The van der Waals surface area contributed by atoms with Crippen LogP contribution >= 0.6 is 0 Å². The van der Waals surface area contributed by atoms with E-state index in [0.29, 0.717) is 22.9 Å². The zero-order valence-corrected chi connectivity index (χ0v) is 13.9. The normalized spacial score (nSPS) is 10.2. The summed E-state index contributed by atoms with van der Waals surface area (Å²) in [5, 5.41) is 2.77. The summed E-state index contributed by atoms with van der Waals surface area (Å²) in [6.07, 6.45) is 1.62. The number of primary amides is 1. The second kappa shape index (κ2) is 7.94. The largest absolute Gasteiger partial charge is 0.439 e. The minimum Gasteiger partial charge on any atom is -0.439 e. The molecule has 0 aliphatic heterocycles. The van der Waals surface area contributed by atoms with Gasteiger partial charge in [0.2, 0.25) is 11.8 Å². The van der Waals surface area contributed by atoms with Gasteiger partial charge in [-0.3, -0.25) is 9.59 Å². The number of rotatable bonds is 6. The van der Waals surface area contributed by atoms with Crippen molar-refractivity contribution in [2.75, 3.05) is 5.32 Å². The molecule has 0 aliphatic rings. The molecule has 0 spiro atoms. The Balaban J connectivity index is 1.62. The van der Waals surface area contributed by atoms with Crippen LogP contribution in [0.3, 0.4) is 0 Å². The monoisotopic (exact) mass is 347 g/mol. The van der Waals surface area contributed by atoms with E-state index < -0.39 is 5.91 Å². The number of ether oxygens (including phenoxy) is 1. The van der Waals surface area contributed by atoms with Crippen LogP contribution in [0, 0.1) is 0 Å². The molecule has 0 fully saturated rings. The fourth-order valence-corrected chi connectivity index (χ4v) is 2.29. The number of benzene rings is 2. The van der Waals surface area contributed by atoms with Gasteiger partial charge in [0.05, 0.1) is 12.0 Å². The summed E-state index contributed by atoms with van der Waals surface area (Å²) in [5.41, 5.74) is 6.97. The van der Waals surface area contributed by atoms with Crippen molar-refractivity contribution in [3.63, 3.8) is 0 Å². The summed E-state index contributed by atoms with van der Waals surface area (Å²) >= 11 is 0. The van der Waals surface area contributed by atoms with Gasteiger partial charge in [-0.25, -0.2) is 4.98 Å². The van der Waals surface area contributed by atoms with Crippen molar-refractivity contribution < 1.29 is 14.3 Å². The molecule has 2 amide bonds. The fraction of sp³-hybridized carbons (Fsp3) is 0.0500. The summed E-state index contributed by atoms with van der Waals surface area (Å²) < 4.78 is 5.60. The van der Waals surface area contributed by atoms with Crippen LogP contribution in [-0.2, 0) is 11.2 Å². The molecule has 2 aromatic carbocycles. The highest BCUT2D eigenvalue weighted by atomic mass is 16.5. The van der Waals surface area contributed by atoms with E-state index in [1.165, 1.54) is 6.20 Å². The number of pyridine rings is 1. The lowest BCUT2D eigenvalue weighted by atomic mass is 10.1. The molecular weight excluding hydrogens is 330 g/mol. The molecule has 1 aromatic heterocycles. The number of nitrogens with zero attached hydrogens (tertiary/aromatic N) is 1. The number of anilines is 1. The first-order chi connectivity index (χ1) is 12.6. The van der Waals surface area contributed by atoms with Crippen LogP contribution < -0.4 is 15.8 Å². The van der Waals surface area contributed by atoms with Crippen molar-refractivity contribution in [2.24, 2.45) is 5.73 Å². The topological polar surface area (TPSA) is 94.3 Å². The smallest absolute Gasteiger partial charge is 0.257 e. The molecule has 0 bridgehead atoms. The van der Waals surface area contributed by atoms with Crippen molar-refractivity contribution in [3.8, 4) is 11.6 Å². The van der Waals surface area contributed by atoms with Crippen LogP contribution in [0.2, 0.25) is 0 Å². The maximum Gasteiger partial charge on any atom is 0.257 e. The van der Waals surface area contributed by atoms with Crippen LogP contribution in [-0.4, -0.2) is 16.8 Å². The van der Waals surface area contributed by atoms with Crippen LogP contribution in [0.4, 0.5) is 5.69 Å². The highest BCUT2D eigenvalue weighted by Gasteiger charge is 2.08. The van der Waals surface area contributed by atoms with Gasteiger partial charge in [0.25, 0.3) is 5.91 Å². The summed E-state index contributed by atoms with van der Waals surface area (Å²) in [4.78, 5) is 27.3. The first-order valence-corrected chi connectivity index (χ1v) is 7.98. The lowest BCUT2D eigenvalue weighted by Gasteiger charge is -2.07. The predicted octanol–water partition coefficient (Wildman–Crippen LogP) is 3.15. The van der Waals surface area contributed by atoms with Crippen molar-refractivity contribution in [1.82, 2.24) is 4.98 Å². The second-order valence-electron chi connectivity index (χ2n) is 5.59. The third kappa shape index (κ3) is 4.67. The first kappa shape index (κ1) is 17.2. The Morgan fingerprint density at radius 1 is 0.962 bits per heavy atom. The third-order valence-electron chi connectivity index (χ3n) is 3.55. The Kier molecular flexibility index (Phi) is 5.24. The van der Waals surface area contributed by atoms with Crippen molar-refractivity contribution >= 4 is 17.5 Å². The molecule has 0 atom stereocenters. The number of aromatic nitrogens is 1. The number of amides is 2. The Morgan fingerprint density at radius 3 is 2.31 bits per heavy atom. The van der Waals surface area contributed by atoms with Gasteiger partial charge in [-0.05, 0) is 35.9 Å². The van der Waals surface area contributed by atoms with Crippen LogP contribution in [0.1, 0.15) is 15.9 Å². The van der Waals surface area contributed by atoms with Gasteiger partial charge in [0.1, 0.15) is 5.75 Å². The van der Waals surface area contributed by atoms with E-state index in [1.54, 1.807) is 36.4 Å². The molecule has 0 saturated heterocycles. The van der Waals surface area contributed by atoms with E-state index in [4.69, 9.17) is 10.5 Å². The fourth-order valence-electron chi connectivity index (χ4n) is 2.29. The lowest BCUT2D eigenvalue weighted by Crippen LogP contribution is -2.14. The molecule has 26 heavy (non-hydrogen) atoms. The van der Waals surface area contributed by atoms with Crippen LogP contribution in [0.5, 0.6) is 11.6 Å². The van der Waals surface area contributed by atoms with Gasteiger partial charge >= 0.3 is 0 Å². The maximum absolute atomic E-state index is 12.3. The van der Waals surface area contributed by atoms with Gasteiger partial charge in [-0.2, -0.15) is 0 Å². The summed E-state index contributed by atoms with van der Waals surface area (Å²) in [7, 11) is 0. The molecule has 0 saturated carbocycles. The standard InChI is InChI=1S/C20H17N3O3/c21-18(24)12-14-6-9-16(10-7-14)23-20(25)15-8-11-19(22-13-15)26-17-4-2-1-3-5-17/h1-11,13H,12H2,(H2,21,24)(H,23,25). The van der Waals surface area contributed by atoms with E-state index in [0.717, 1.165) is 5.56 Å². The molecule has 0 aliphatic carbocycles. The second-order valence-corrected chi connectivity index (χ2v) is 5.59. The van der Waals surface area contributed by atoms with Gasteiger partial charge in [-0.15, -0.1) is 0 Å².